The molecule has 100 valence electrons. The van der Waals surface area contributed by atoms with Gasteiger partial charge < -0.3 is 0 Å². The molecule has 7 heteroatoms. The number of carbonyl (C=O) groups excluding carboxylic acids is 1. The van der Waals surface area contributed by atoms with Crippen molar-refractivity contribution in [3.8, 4) is 0 Å². The van der Waals surface area contributed by atoms with Gasteiger partial charge in [-0.15, -0.1) is 0 Å². The highest BCUT2D eigenvalue weighted by Gasteiger charge is 2.16. The number of aromatic nitrogens is 4. The second-order valence-electron chi connectivity index (χ2n) is 4.36. The van der Waals surface area contributed by atoms with E-state index < -0.39 is 0 Å². The molecule has 0 radical (unpaired) electrons. The minimum absolute atomic E-state index is 0.207. The summed E-state index contributed by atoms with van der Waals surface area (Å²) in [4.78, 5) is 20.4. The lowest BCUT2D eigenvalue weighted by atomic mass is 10.2. The molecule has 0 aliphatic rings. The predicted octanol–water partition coefficient (Wildman–Crippen LogP) is 2.35. The highest BCUT2D eigenvalue weighted by molar-refractivity contribution is 9.10. The number of rotatable bonds is 3. The van der Waals surface area contributed by atoms with Gasteiger partial charge in [0.15, 0.2) is 5.82 Å². The summed E-state index contributed by atoms with van der Waals surface area (Å²) >= 11 is 3.29. The zero-order valence-corrected chi connectivity index (χ0v) is 12.5. The first-order chi connectivity index (χ1) is 8.99. The van der Waals surface area contributed by atoms with Gasteiger partial charge in [0.2, 0.25) is 5.95 Å². The summed E-state index contributed by atoms with van der Waals surface area (Å²) in [6, 6.07) is 3.51. The van der Waals surface area contributed by atoms with E-state index in [2.05, 4.69) is 36.3 Å². The lowest BCUT2D eigenvalue weighted by molar-refractivity contribution is 0.102. The summed E-state index contributed by atoms with van der Waals surface area (Å²) in [6.07, 6.45) is 1.57. The summed E-state index contributed by atoms with van der Waals surface area (Å²) in [6.45, 7) is 3.99. The fraction of sp³-hybridized carbons (Fsp3) is 0.333. The van der Waals surface area contributed by atoms with Gasteiger partial charge >= 0.3 is 0 Å². The Bertz CT molecular complexity index is 608. The quantitative estimate of drug-likeness (QED) is 0.941. The molecule has 1 N–H and O–H groups in total. The first-order valence-corrected chi connectivity index (χ1v) is 6.61. The van der Waals surface area contributed by atoms with Crippen LogP contribution in [0.1, 0.15) is 36.1 Å². The number of amides is 1. The maximum Gasteiger partial charge on any atom is 0.277 e. The van der Waals surface area contributed by atoms with Crippen molar-refractivity contribution in [3.05, 3.63) is 34.3 Å². The third-order valence-electron chi connectivity index (χ3n) is 2.49. The van der Waals surface area contributed by atoms with E-state index in [9.17, 15) is 4.79 Å². The molecule has 19 heavy (non-hydrogen) atoms. The molecule has 2 aromatic heterocycles. The molecule has 2 aromatic rings. The van der Waals surface area contributed by atoms with Crippen LogP contribution in [0.4, 0.5) is 5.95 Å². The predicted molar refractivity (Wildman–Crippen MR) is 75.0 cm³/mol. The molecule has 0 bridgehead atoms. The van der Waals surface area contributed by atoms with Crippen molar-refractivity contribution in [2.24, 2.45) is 7.05 Å². The molecular formula is C12H14BrN5O. The molecule has 2 rings (SSSR count). The number of hydrogen-bond donors (Lipinski definition) is 1. The van der Waals surface area contributed by atoms with Crippen molar-refractivity contribution >= 4 is 27.8 Å². The van der Waals surface area contributed by atoms with Crippen molar-refractivity contribution in [2.45, 2.75) is 19.8 Å². The van der Waals surface area contributed by atoms with E-state index in [1.807, 2.05) is 13.8 Å². The molecule has 0 aromatic carbocycles. The molecule has 0 aliphatic carbocycles. The van der Waals surface area contributed by atoms with Gasteiger partial charge in [-0.05, 0) is 28.1 Å². The average Bonchev–Trinajstić information content (AvgIpc) is 2.71. The van der Waals surface area contributed by atoms with Crippen molar-refractivity contribution in [2.75, 3.05) is 5.32 Å². The minimum Gasteiger partial charge on any atom is -0.289 e. The molecule has 0 spiro atoms. The van der Waals surface area contributed by atoms with Crippen LogP contribution < -0.4 is 5.32 Å². The summed E-state index contributed by atoms with van der Waals surface area (Å²) in [5.41, 5.74) is 0.316. The van der Waals surface area contributed by atoms with Crippen LogP contribution in [0, 0.1) is 0 Å². The number of nitrogens with zero attached hydrogens (tertiary/aromatic N) is 4. The van der Waals surface area contributed by atoms with Crippen molar-refractivity contribution in [1.82, 2.24) is 19.7 Å². The van der Waals surface area contributed by atoms with Gasteiger partial charge in [0.1, 0.15) is 5.69 Å². The second-order valence-corrected chi connectivity index (χ2v) is 5.21. The third-order valence-corrected chi connectivity index (χ3v) is 3.13. The van der Waals surface area contributed by atoms with Crippen LogP contribution in [0.3, 0.4) is 0 Å². The van der Waals surface area contributed by atoms with E-state index in [0.29, 0.717) is 21.9 Å². The van der Waals surface area contributed by atoms with Crippen LogP contribution in [0.2, 0.25) is 0 Å². The molecular weight excluding hydrogens is 310 g/mol. The van der Waals surface area contributed by atoms with Crippen LogP contribution in [0.15, 0.2) is 22.8 Å². The normalized spacial score (nSPS) is 10.8. The van der Waals surface area contributed by atoms with E-state index in [1.54, 1.807) is 30.1 Å². The van der Waals surface area contributed by atoms with Crippen molar-refractivity contribution in [3.63, 3.8) is 0 Å². The second kappa shape index (κ2) is 5.48. The first-order valence-electron chi connectivity index (χ1n) is 5.82. The van der Waals surface area contributed by atoms with Gasteiger partial charge in [-0.1, -0.05) is 13.8 Å². The molecule has 2 heterocycles. The van der Waals surface area contributed by atoms with Crippen LogP contribution in [-0.2, 0) is 7.05 Å². The summed E-state index contributed by atoms with van der Waals surface area (Å²) in [5.74, 6) is 0.987. The Hall–Kier alpha value is -1.76. The minimum atomic E-state index is -0.321. The largest absolute Gasteiger partial charge is 0.289 e. The SMILES string of the molecule is CC(C)c1nc(NC(=O)c2ncccc2Br)n(C)n1. The molecule has 0 aliphatic heterocycles. The number of pyridine rings is 1. The fourth-order valence-electron chi connectivity index (χ4n) is 1.47. The van der Waals surface area contributed by atoms with Crippen LogP contribution in [-0.4, -0.2) is 25.7 Å². The highest BCUT2D eigenvalue weighted by Crippen LogP contribution is 2.16. The van der Waals surface area contributed by atoms with E-state index in [0.717, 1.165) is 0 Å². The highest BCUT2D eigenvalue weighted by atomic mass is 79.9. The molecule has 0 atom stereocenters. The van der Waals surface area contributed by atoms with E-state index in [4.69, 9.17) is 0 Å². The third kappa shape index (κ3) is 2.98. The Morgan fingerprint density at radius 2 is 2.21 bits per heavy atom. The van der Waals surface area contributed by atoms with Gasteiger partial charge in [0.05, 0.1) is 0 Å². The maximum absolute atomic E-state index is 12.1. The molecule has 0 saturated carbocycles. The number of nitrogens with one attached hydrogen (secondary N) is 1. The zero-order chi connectivity index (χ0) is 14.0. The lowest BCUT2D eigenvalue weighted by Gasteiger charge is -2.04. The molecule has 0 unspecified atom stereocenters. The van der Waals surface area contributed by atoms with Gasteiger partial charge in [-0.25, -0.2) is 9.67 Å². The van der Waals surface area contributed by atoms with Gasteiger partial charge in [0, 0.05) is 23.6 Å². The summed E-state index contributed by atoms with van der Waals surface area (Å²) in [7, 11) is 1.74. The van der Waals surface area contributed by atoms with Crippen molar-refractivity contribution < 1.29 is 4.79 Å². The number of halogens is 1. The smallest absolute Gasteiger partial charge is 0.277 e. The first kappa shape index (κ1) is 13.7. The number of hydrogen-bond acceptors (Lipinski definition) is 4. The number of aryl methyl sites for hydroxylation is 1. The van der Waals surface area contributed by atoms with Crippen LogP contribution in [0.25, 0.3) is 0 Å². The molecule has 6 nitrogen and oxygen atoms in total. The maximum atomic E-state index is 12.1. The van der Waals surface area contributed by atoms with Gasteiger partial charge in [-0.3, -0.25) is 10.1 Å². The van der Waals surface area contributed by atoms with Gasteiger partial charge in [-0.2, -0.15) is 10.1 Å². The fourth-order valence-corrected chi connectivity index (χ4v) is 1.91. The summed E-state index contributed by atoms with van der Waals surface area (Å²) < 4.78 is 2.18. The Labute approximate surface area is 119 Å². The van der Waals surface area contributed by atoms with E-state index in [-0.39, 0.29) is 11.8 Å². The monoisotopic (exact) mass is 323 g/mol. The molecule has 0 saturated heterocycles. The Kier molecular flexibility index (Phi) is 3.94. The van der Waals surface area contributed by atoms with Crippen LogP contribution >= 0.6 is 15.9 Å². The van der Waals surface area contributed by atoms with E-state index >= 15 is 0 Å². The topological polar surface area (TPSA) is 72.7 Å². The lowest BCUT2D eigenvalue weighted by Crippen LogP contribution is -2.17. The van der Waals surface area contributed by atoms with Crippen LogP contribution in [0.5, 0.6) is 0 Å². The standard InChI is InChI=1S/C12H14BrN5O/c1-7(2)10-15-12(18(3)17-10)16-11(19)9-8(13)5-4-6-14-9/h4-7H,1-3H3,(H,15,16,17,19). The Morgan fingerprint density at radius 1 is 1.47 bits per heavy atom. The number of anilines is 1. The average molecular weight is 324 g/mol. The number of carbonyl (C=O) groups is 1. The van der Waals surface area contributed by atoms with Crippen molar-refractivity contribution in [1.29, 1.82) is 0 Å². The molecule has 0 fully saturated rings. The van der Waals surface area contributed by atoms with E-state index in [1.165, 1.54) is 0 Å². The molecule has 1 amide bonds. The summed E-state index contributed by atoms with van der Waals surface area (Å²) in [5, 5.41) is 6.94. The Morgan fingerprint density at radius 3 is 2.79 bits per heavy atom. The Balaban J connectivity index is 2.22. The van der Waals surface area contributed by atoms with Gasteiger partial charge in [0.25, 0.3) is 5.91 Å². The zero-order valence-electron chi connectivity index (χ0n) is 10.9.